The molecule has 1 aromatic carbocycles. The minimum absolute atomic E-state index is 0.693. The van der Waals surface area contributed by atoms with Gasteiger partial charge in [-0.2, -0.15) is 0 Å². The average molecular weight is 515 g/mol. The van der Waals surface area contributed by atoms with Crippen molar-refractivity contribution in [1.29, 1.82) is 0 Å². The van der Waals surface area contributed by atoms with Crippen LogP contribution in [0.2, 0.25) is 0 Å². The highest BCUT2D eigenvalue weighted by Crippen LogP contribution is 2.20. The Morgan fingerprint density at radius 3 is 1.51 bits per heavy atom. The summed E-state index contributed by atoms with van der Waals surface area (Å²) in [6.45, 7) is 13.0. The van der Waals surface area contributed by atoms with Crippen LogP contribution in [0.1, 0.15) is 142 Å². The minimum Gasteiger partial charge on any atom is -0.306 e. The van der Waals surface area contributed by atoms with E-state index in [-0.39, 0.29) is 0 Å². The molecule has 216 valence electrons. The van der Waals surface area contributed by atoms with E-state index in [9.17, 15) is 0 Å². The fourth-order valence-corrected chi connectivity index (χ4v) is 5.56. The van der Waals surface area contributed by atoms with E-state index in [4.69, 9.17) is 0 Å². The molecule has 0 amide bonds. The van der Waals surface area contributed by atoms with Crippen molar-refractivity contribution in [1.82, 2.24) is 9.80 Å². The molecule has 0 saturated carbocycles. The summed E-state index contributed by atoms with van der Waals surface area (Å²) in [5, 5.41) is 0. The lowest BCUT2D eigenvalue weighted by molar-refractivity contribution is 0.244. The molecule has 0 aliphatic rings. The standard InChI is InChI=1S/C35H66N2/c1-7-10-13-16-17-20-32(4)37(6)30-28-34-25-23-33(24-26-34)27-29-36(5)31-35(21-18-14-11-8-2)22-19-15-12-9-3/h23-26,32,35H,7-22,27-31H2,1-6H3. The van der Waals surface area contributed by atoms with Gasteiger partial charge in [-0.05, 0) is 70.2 Å². The Hall–Kier alpha value is -0.860. The first kappa shape index (κ1) is 34.2. The normalized spacial score (nSPS) is 12.8. The van der Waals surface area contributed by atoms with Gasteiger partial charge in [-0.25, -0.2) is 0 Å². The van der Waals surface area contributed by atoms with Crippen LogP contribution in [-0.4, -0.2) is 49.6 Å². The van der Waals surface area contributed by atoms with E-state index in [1.807, 2.05) is 0 Å². The van der Waals surface area contributed by atoms with Crippen molar-refractivity contribution in [3.05, 3.63) is 35.4 Å². The molecular formula is C35H66N2. The van der Waals surface area contributed by atoms with Crippen LogP contribution in [0.15, 0.2) is 24.3 Å². The fraction of sp³-hybridized carbons (Fsp3) is 0.829. The van der Waals surface area contributed by atoms with Gasteiger partial charge in [0.15, 0.2) is 0 Å². The molecule has 0 aliphatic heterocycles. The van der Waals surface area contributed by atoms with Crippen molar-refractivity contribution in [2.75, 3.05) is 33.7 Å². The maximum atomic E-state index is 2.61. The van der Waals surface area contributed by atoms with Crippen molar-refractivity contribution in [3.8, 4) is 0 Å². The molecule has 0 heterocycles. The molecule has 2 heteroatoms. The summed E-state index contributed by atoms with van der Waals surface area (Å²) in [7, 11) is 4.65. The van der Waals surface area contributed by atoms with Crippen LogP contribution in [0.4, 0.5) is 0 Å². The van der Waals surface area contributed by atoms with Crippen LogP contribution in [0.5, 0.6) is 0 Å². The molecule has 0 spiro atoms. The maximum absolute atomic E-state index is 2.61. The predicted octanol–water partition coefficient (Wildman–Crippen LogP) is 9.94. The number of rotatable bonds is 25. The Kier molecular flexibility index (Phi) is 21.3. The Morgan fingerprint density at radius 2 is 1.00 bits per heavy atom. The van der Waals surface area contributed by atoms with Gasteiger partial charge in [-0.1, -0.05) is 129 Å². The van der Waals surface area contributed by atoms with Gasteiger partial charge in [0.1, 0.15) is 0 Å². The van der Waals surface area contributed by atoms with Crippen molar-refractivity contribution in [3.63, 3.8) is 0 Å². The van der Waals surface area contributed by atoms with E-state index in [2.05, 4.69) is 75.9 Å². The number of benzene rings is 1. The van der Waals surface area contributed by atoms with Gasteiger partial charge in [0.2, 0.25) is 0 Å². The number of nitrogens with zero attached hydrogens (tertiary/aromatic N) is 2. The summed E-state index contributed by atoms with van der Waals surface area (Å²) >= 11 is 0. The van der Waals surface area contributed by atoms with E-state index in [1.165, 1.54) is 133 Å². The van der Waals surface area contributed by atoms with Crippen LogP contribution >= 0.6 is 0 Å². The predicted molar refractivity (Wildman–Crippen MR) is 168 cm³/mol. The summed E-state index contributed by atoms with van der Waals surface area (Å²) in [5.41, 5.74) is 2.98. The highest BCUT2D eigenvalue weighted by Gasteiger charge is 2.12. The van der Waals surface area contributed by atoms with Gasteiger partial charge in [-0.15, -0.1) is 0 Å². The molecule has 0 N–H and O–H groups in total. The summed E-state index contributed by atoms with van der Waals surface area (Å²) in [6.07, 6.45) is 24.6. The summed E-state index contributed by atoms with van der Waals surface area (Å²) < 4.78 is 0. The van der Waals surface area contributed by atoms with E-state index in [0.29, 0.717) is 6.04 Å². The van der Waals surface area contributed by atoms with Crippen molar-refractivity contribution in [2.45, 2.75) is 149 Å². The van der Waals surface area contributed by atoms with Crippen molar-refractivity contribution >= 4 is 0 Å². The first-order chi connectivity index (χ1) is 18.0. The SMILES string of the molecule is CCCCCCCC(C)N(C)CCc1ccc(CCN(C)CC(CCCCCC)CCCCCC)cc1. The third kappa shape index (κ3) is 18.1. The Morgan fingerprint density at radius 1 is 0.568 bits per heavy atom. The summed E-state index contributed by atoms with van der Waals surface area (Å²) in [6, 6.07) is 10.2. The van der Waals surface area contributed by atoms with Crippen LogP contribution < -0.4 is 0 Å². The third-order valence-corrected chi connectivity index (χ3v) is 8.54. The molecule has 1 rings (SSSR count). The number of hydrogen-bond donors (Lipinski definition) is 0. The fourth-order valence-electron chi connectivity index (χ4n) is 5.56. The molecule has 0 aromatic heterocycles. The molecule has 0 bridgehead atoms. The van der Waals surface area contributed by atoms with Gasteiger partial charge in [0.25, 0.3) is 0 Å². The van der Waals surface area contributed by atoms with Crippen LogP contribution in [0.3, 0.4) is 0 Å². The molecule has 0 aliphatic carbocycles. The van der Waals surface area contributed by atoms with E-state index < -0.39 is 0 Å². The van der Waals surface area contributed by atoms with Crippen LogP contribution in [0.25, 0.3) is 0 Å². The highest BCUT2D eigenvalue weighted by molar-refractivity contribution is 5.23. The van der Waals surface area contributed by atoms with Crippen molar-refractivity contribution in [2.24, 2.45) is 5.92 Å². The number of unbranched alkanes of at least 4 members (excludes halogenated alkanes) is 10. The van der Waals surface area contributed by atoms with Gasteiger partial charge < -0.3 is 9.80 Å². The molecule has 0 saturated heterocycles. The zero-order valence-electron chi connectivity index (χ0n) is 26.2. The third-order valence-electron chi connectivity index (χ3n) is 8.54. The van der Waals surface area contributed by atoms with E-state index >= 15 is 0 Å². The Bertz CT molecular complexity index is 598. The summed E-state index contributed by atoms with van der Waals surface area (Å²) in [5.74, 6) is 0.886. The van der Waals surface area contributed by atoms with Gasteiger partial charge >= 0.3 is 0 Å². The monoisotopic (exact) mass is 515 g/mol. The second-order valence-electron chi connectivity index (χ2n) is 12.2. The highest BCUT2D eigenvalue weighted by atomic mass is 15.1. The molecule has 1 aromatic rings. The molecule has 0 radical (unpaired) electrons. The van der Waals surface area contributed by atoms with Gasteiger partial charge in [0.05, 0.1) is 0 Å². The van der Waals surface area contributed by atoms with Crippen molar-refractivity contribution < 1.29 is 0 Å². The molecule has 0 fully saturated rings. The molecule has 2 nitrogen and oxygen atoms in total. The maximum Gasteiger partial charge on any atom is 0.00640 e. The smallest absolute Gasteiger partial charge is 0.00640 e. The lowest BCUT2D eigenvalue weighted by Gasteiger charge is -2.25. The number of hydrogen-bond acceptors (Lipinski definition) is 2. The summed E-state index contributed by atoms with van der Waals surface area (Å²) in [4.78, 5) is 5.17. The second kappa shape index (κ2) is 23.1. The molecule has 1 unspecified atom stereocenters. The first-order valence-electron chi connectivity index (χ1n) is 16.5. The quantitative estimate of drug-likeness (QED) is 0.120. The number of likely N-dealkylation sites (N-methyl/N-ethyl adjacent to an activating group) is 2. The largest absolute Gasteiger partial charge is 0.306 e. The van der Waals surface area contributed by atoms with E-state index in [0.717, 1.165) is 18.9 Å². The Labute approximate surface area is 234 Å². The topological polar surface area (TPSA) is 6.48 Å². The zero-order valence-corrected chi connectivity index (χ0v) is 26.2. The van der Waals surface area contributed by atoms with Crippen LogP contribution in [-0.2, 0) is 12.8 Å². The molecular weight excluding hydrogens is 448 g/mol. The average Bonchev–Trinajstić information content (AvgIpc) is 2.91. The first-order valence-corrected chi connectivity index (χ1v) is 16.5. The zero-order chi connectivity index (χ0) is 27.1. The second-order valence-corrected chi connectivity index (χ2v) is 12.2. The lowest BCUT2D eigenvalue weighted by atomic mass is 9.94. The van der Waals surface area contributed by atoms with Crippen LogP contribution in [0, 0.1) is 5.92 Å². The molecule has 37 heavy (non-hydrogen) atoms. The minimum atomic E-state index is 0.693. The van der Waals surface area contributed by atoms with E-state index in [1.54, 1.807) is 0 Å². The van der Waals surface area contributed by atoms with Gasteiger partial charge in [0, 0.05) is 25.7 Å². The lowest BCUT2D eigenvalue weighted by Crippen LogP contribution is -2.31. The molecule has 1 atom stereocenters. The van der Waals surface area contributed by atoms with Gasteiger partial charge in [-0.3, -0.25) is 0 Å². The Balaban J connectivity index is 2.35.